The van der Waals surface area contributed by atoms with E-state index in [1.54, 1.807) is 0 Å². The van der Waals surface area contributed by atoms with E-state index in [0.717, 1.165) is 42.8 Å². The van der Waals surface area contributed by atoms with E-state index < -0.39 is 0 Å². The summed E-state index contributed by atoms with van der Waals surface area (Å²) in [4.78, 5) is 2.37. The van der Waals surface area contributed by atoms with Gasteiger partial charge in [-0.05, 0) is 37.4 Å². The number of hydrogen-bond donors (Lipinski definition) is 2. The first-order valence-corrected chi connectivity index (χ1v) is 7.91. The summed E-state index contributed by atoms with van der Waals surface area (Å²) in [6, 6.07) is 10.3. The van der Waals surface area contributed by atoms with Gasteiger partial charge in [0.05, 0.1) is 6.10 Å². The van der Waals surface area contributed by atoms with Crippen molar-refractivity contribution in [3.63, 3.8) is 0 Å². The summed E-state index contributed by atoms with van der Waals surface area (Å²) < 4.78 is 0. The fraction of sp³-hybridized carbons (Fsp3) is 0.412. The van der Waals surface area contributed by atoms with Crippen molar-refractivity contribution < 1.29 is 5.11 Å². The number of aliphatic hydroxyl groups excluding tert-OH is 1. The zero-order valence-electron chi connectivity index (χ0n) is 12.1. The Labute approximate surface area is 130 Å². The second-order valence-corrected chi connectivity index (χ2v) is 6.08. The molecule has 4 heteroatoms. The SMILES string of the molecule is NCCc1cc(Cl)c2ccccc2c1N1CCC(O)CC1. The maximum absolute atomic E-state index is 9.74. The molecule has 0 aliphatic carbocycles. The molecule has 0 saturated carbocycles. The van der Waals surface area contributed by atoms with Crippen molar-refractivity contribution in [3.05, 3.63) is 40.9 Å². The summed E-state index contributed by atoms with van der Waals surface area (Å²) in [5.74, 6) is 0. The van der Waals surface area contributed by atoms with E-state index in [0.29, 0.717) is 6.54 Å². The first-order valence-electron chi connectivity index (χ1n) is 7.54. The van der Waals surface area contributed by atoms with Gasteiger partial charge in [-0.2, -0.15) is 0 Å². The lowest BCUT2D eigenvalue weighted by Gasteiger charge is -2.34. The van der Waals surface area contributed by atoms with Crippen LogP contribution in [0.2, 0.25) is 5.02 Å². The van der Waals surface area contributed by atoms with Crippen LogP contribution in [0.5, 0.6) is 0 Å². The van der Waals surface area contributed by atoms with Gasteiger partial charge in [-0.1, -0.05) is 35.9 Å². The second kappa shape index (κ2) is 6.22. The molecule has 0 radical (unpaired) electrons. The molecular formula is C17H21ClN2O. The number of hydrogen-bond acceptors (Lipinski definition) is 3. The number of rotatable bonds is 3. The third kappa shape index (κ3) is 2.86. The lowest BCUT2D eigenvalue weighted by Crippen LogP contribution is -2.36. The van der Waals surface area contributed by atoms with Gasteiger partial charge in [-0.3, -0.25) is 0 Å². The Balaban J connectivity index is 2.13. The molecule has 2 aromatic carbocycles. The van der Waals surface area contributed by atoms with Crippen LogP contribution < -0.4 is 10.6 Å². The van der Waals surface area contributed by atoms with E-state index in [4.69, 9.17) is 17.3 Å². The minimum Gasteiger partial charge on any atom is -0.393 e. The number of benzene rings is 2. The average Bonchev–Trinajstić information content (AvgIpc) is 2.49. The number of aliphatic hydroxyl groups is 1. The van der Waals surface area contributed by atoms with Crippen LogP contribution in [0.1, 0.15) is 18.4 Å². The monoisotopic (exact) mass is 304 g/mol. The molecule has 3 N–H and O–H groups in total. The molecule has 0 unspecified atom stereocenters. The maximum Gasteiger partial charge on any atom is 0.0574 e. The molecule has 1 saturated heterocycles. The molecule has 0 spiro atoms. The molecule has 3 rings (SSSR count). The highest BCUT2D eigenvalue weighted by Gasteiger charge is 2.21. The fourth-order valence-corrected chi connectivity index (χ4v) is 3.48. The lowest BCUT2D eigenvalue weighted by atomic mass is 9.98. The van der Waals surface area contributed by atoms with Crippen LogP contribution in [0.3, 0.4) is 0 Å². The van der Waals surface area contributed by atoms with Crippen LogP contribution in [-0.2, 0) is 6.42 Å². The van der Waals surface area contributed by atoms with E-state index >= 15 is 0 Å². The van der Waals surface area contributed by atoms with E-state index in [9.17, 15) is 5.11 Å². The molecule has 2 aromatic rings. The summed E-state index contributed by atoms with van der Waals surface area (Å²) in [5.41, 5.74) is 8.22. The Morgan fingerprint density at radius 2 is 1.86 bits per heavy atom. The predicted molar refractivity (Wildman–Crippen MR) is 89.2 cm³/mol. The lowest BCUT2D eigenvalue weighted by molar-refractivity contribution is 0.145. The average molecular weight is 305 g/mol. The Bertz CT molecular complexity index is 636. The molecule has 0 amide bonds. The van der Waals surface area contributed by atoms with Crippen LogP contribution in [0, 0.1) is 0 Å². The maximum atomic E-state index is 9.74. The number of halogens is 1. The number of anilines is 1. The Morgan fingerprint density at radius 1 is 1.19 bits per heavy atom. The molecular weight excluding hydrogens is 284 g/mol. The zero-order chi connectivity index (χ0) is 14.8. The first kappa shape index (κ1) is 14.6. The summed E-state index contributed by atoms with van der Waals surface area (Å²) in [7, 11) is 0. The topological polar surface area (TPSA) is 49.5 Å². The van der Waals surface area contributed by atoms with Crippen molar-refractivity contribution in [2.24, 2.45) is 5.73 Å². The Morgan fingerprint density at radius 3 is 2.52 bits per heavy atom. The molecule has 1 fully saturated rings. The van der Waals surface area contributed by atoms with Crippen molar-refractivity contribution in [1.29, 1.82) is 0 Å². The number of piperidine rings is 1. The van der Waals surface area contributed by atoms with Gasteiger partial charge in [0.15, 0.2) is 0 Å². The molecule has 21 heavy (non-hydrogen) atoms. The molecule has 0 aromatic heterocycles. The summed E-state index contributed by atoms with van der Waals surface area (Å²) in [5, 5.41) is 12.8. The van der Waals surface area contributed by atoms with Crippen molar-refractivity contribution in [2.75, 3.05) is 24.5 Å². The number of nitrogens with zero attached hydrogens (tertiary/aromatic N) is 1. The van der Waals surface area contributed by atoms with Gasteiger partial charge < -0.3 is 15.7 Å². The van der Waals surface area contributed by atoms with Crippen molar-refractivity contribution in [2.45, 2.75) is 25.4 Å². The second-order valence-electron chi connectivity index (χ2n) is 5.67. The van der Waals surface area contributed by atoms with Gasteiger partial charge >= 0.3 is 0 Å². The normalized spacial score (nSPS) is 16.6. The molecule has 1 aliphatic rings. The molecule has 3 nitrogen and oxygen atoms in total. The first-order chi connectivity index (χ1) is 10.2. The van der Waals surface area contributed by atoms with Crippen LogP contribution >= 0.6 is 11.6 Å². The third-order valence-corrected chi connectivity index (χ3v) is 4.55. The molecule has 0 bridgehead atoms. The van der Waals surface area contributed by atoms with E-state index in [1.165, 1.54) is 16.6 Å². The number of nitrogens with two attached hydrogens (primary N) is 1. The molecule has 112 valence electrons. The summed E-state index contributed by atoms with van der Waals surface area (Å²) in [6.07, 6.45) is 2.29. The third-order valence-electron chi connectivity index (χ3n) is 4.24. The fourth-order valence-electron chi connectivity index (χ4n) is 3.18. The highest BCUT2D eigenvalue weighted by molar-refractivity contribution is 6.36. The van der Waals surface area contributed by atoms with Crippen molar-refractivity contribution in [1.82, 2.24) is 0 Å². The van der Waals surface area contributed by atoms with E-state index in [2.05, 4.69) is 23.1 Å². The van der Waals surface area contributed by atoms with Crippen LogP contribution in [0.4, 0.5) is 5.69 Å². The van der Waals surface area contributed by atoms with E-state index in [-0.39, 0.29) is 6.10 Å². The van der Waals surface area contributed by atoms with Crippen molar-refractivity contribution in [3.8, 4) is 0 Å². The Hall–Kier alpha value is -1.29. The highest BCUT2D eigenvalue weighted by Crippen LogP contribution is 2.37. The summed E-state index contributed by atoms with van der Waals surface area (Å²) in [6.45, 7) is 2.37. The molecule has 1 aliphatic heterocycles. The molecule has 1 heterocycles. The predicted octanol–water partition coefficient (Wildman–Crippen LogP) is 2.96. The van der Waals surface area contributed by atoms with Gasteiger partial charge in [0.25, 0.3) is 0 Å². The molecule has 0 atom stereocenters. The highest BCUT2D eigenvalue weighted by atomic mass is 35.5. The smallest absolute Gasteiger partial charge is 0.0574 e. The van der Waals surface area contributed by atoms with Crippen LogP contribution in [0.25, 0.3) is 10.8 Å². The quantitative estimate of drug-likeness (QED) is 0.916. The van der Waals surface area contributed by atoms with Gasteiger partial charge in [-0.25, -0.2) is 0 Å². The van der Waals surface area contributed by atoms with Crippen LogP contribution in [0.15, 0.2) is 30.3 Å². The largest absolute Gasteiger partial charge is 0.393 e. The summed E-state index contributed by atoms with van der Waals surface area (Å²) >= 11 is 6.43. The standard InChI is InChI=1S/C17H21ClN2O/c18-16-11-12(5-8-19)17(15-4-2-1-3-14(15)16)20-9-6-13(21)7-10-20/h1-4,11,13,21H,5-10,19H2. The van der Waals surface area contributed by atoms with Gasteiger partial charge in [0.1, 0.15) is 0 Å². The van der Waals surface area contributed by atoms with Gasteiger partial charge in [0.2, 0.25) is 0 Å². The minimum absolute atomic E-state index is 0.169. The minimum atomic E-state index is -0.169. The van der Waals surface area contributed by atoms with Crippen LogP contribution in [-0.4, -0.2) is 30.8 Å². The van der Waals surface area contributed by atoms with E-state index in [1.807, 2.05) is 12.1 Å². The zero-order valence-corrected chi connectivity index (χ0v) is 12.8. The number of fused-ring (bicyclic) bond motifs is 1. The van der Waals surface area contributed by atoms with Gasteiger partial charge in [-0.15, -0.1) is 0 Å². The van der Waals surface area contributed by atoms with Crippen molar-refractivity contribution >= 4 is 28.1 Å². The Kier molecular flexibility index (Phi) is 4.34. The van der Waals surface area contributed by atoms with Gasteiger partial charge in [0, 0.05) is 34.6 Å².